The summed E-state index contributed by atoms with van der Waals surface area (Å²) in [4.78, 5) is 11.9. The molecule has 1 heterocycles. The topological polar surface area (TPSA) is 55.2 Å². The van der Waals surface area contributed by atoms with E-state index in [1.165, 1.54) is 10.9 Å². The zero-order valence-corrected chi connectivity index (χ0v) is 13.4. The quantitative estimate of drug-likeness (QED) is 0.613. The van der Waals surface area contributed by atoms with Gasteiger partial charge in [0.15, 0.2) is 0 Å². The van der Waals surface area contributed by atoms with Crippen LogP contribution in [0, 0.1) is 16.0 Å². The molecule has 0 saturated heterocycles. The van der Waals surface area contributed by atoms with Crippen LogP contribution in [-0.4, -0.2) is 4.92 Å². The molecular weight excluding hydrogens is 308 g/mol. The van der Waals surface area contributed by atoms with E-state index in [1.54, 1.807) is 23.5 Å². The summed E-state index contributed by atoms with van der Waals surface area (Å²) < 4.78 is 0. The van der Waals surface area contributed by atoms with Crippen LogP contribution in [0.1, 0.15) is 30.3 Å². The Morgan fingerprint density at radius 2 is 2.10 bits per heavy atom. The lowest BCUT2D eigenvalue weighted by molar-refractivity contribution is -0.385. The van der Waals surface area contributed by atoms with Crippen LogP contribution in [0.25, 0.3) is 0 Å². The zero-order chi connectivity index (χ0) is 15.4. The molecule has 0 fully saturated rings. The number of halogens is 1. The van der Waals surface area contributed by atoms with E-state index < -0.39 is 4.92 Å². The number of nitrogens with zero attached hydrogens (tertiary/aromatic N) is 1. The number of nitro benzene ring substituents is 1. The molecule has 21 heavy (non-hydrogen) atoms. The highest BCUT2D eigenvalue weighted by Gasteiger charge is 2.20. The summed E-state index contributed by atoms with van der Waals surface area (Å²) in [5, 5.41) is 17.0. The van der Waals surface area contributed by atoms with Crippen molar-refractivity contribution in [1.29, 1.82) is 0 Å². The van der Waals surface area contributed by atoms with Gasteiger partial charge in [0.25, 0.3) is 5.69 Å². The number of hydrogen-bond donors (Lipinski definition) is 1. The maximum Gasteiger partial charge on any atom is 0.275 e. The molecule has 0 aliphatic heterocycles. The van der Waals surface area contributed by atoms with Gasteiger partial charge in [0, 0.05) is 23.5 Å². The van der Waals surface area contributed by atoms with Crippen LogP contribution in [0.15, 0.2) is 35.7 Å². The second kappa shape index (κ2) is 7.02. The summed E-state index contributed by atoms with van der Waals surface area (Å²) >= 11 is 7.80. The molecule has 1 aromatic heterocycles. The molecule has 2 rings (SSSR count). The molecule has 1 N–H and O–H groups in total. The highest BCUT2D eigenvalue weighted by atomic mass is 35.5. The van der Waals surface area contributed by atoms with E-state index in [2.05, 4.69) is 25.2 Å². The third-order valence-electron chi connectivity index (χ3n) is 3.31. The smallest absolute Gasteiger partial charge is 0.275 e. The number of nitrogens with one attached hydrogen (secondary N) is 1. The maximum atomic E-state index is 11.1. The molecule has 4 nitrogen and oxygen atoms in total. The van der Waals surface area contributed by atoms with Crippen molar-refractivity contribution in [3.8, 4) is 0 Å². The van der Waals surface area contributed by atoms with Gasteiger partial charge in [0.1, 0.15) is 0 Å². The normalized spacial score (nSPS) is 12.6. The van der Waals surface area contributed by atoms with Gasteiger partial charge >= 0.3 is 0 Å². The summed E-state index contributed by atoms with van der Waals surface area (Å²) in [5.74, 6) is 0.380. The minimum absolute atomic E-state index is 0.0590. The zero-order valence-electron chi connectivity index (χ0n) is 11.9. The van der Waals surface area contributed by atoms with Crippen molar-refractivity contribution in [2.24, 2.45) is 5.92 Å². The van der Waals surface area contributed by atoms with E-state index in [9.17, 15) is 10.1 Å². The van der Waals surface area contributed by atoms with E-state index in [0.29, 0.717) is 23.0 Å². The van der Waals surface area contributed by atoms with Gasteiger partial charge in [0.05, 0.1) is 15.5 Å². The molecule has 0 bridgehead atoms. The number of benzene rings is 1. The minimum Gasteiger partial charge on any atom is -0.305 e. The fourth-order valence-corrected chi connectivity index (χ4v) is 3.45. The average Bonchev–Trinajstić information content (AvgIpc) is 2.93. The summed E-state index contributed by atoms with van der Waals surface area (Å²) in [6.45, 7) is 4.62. The molecule has 0 spiro atoms. The largest absolute Gasteiger partial charge is 0.305 e. The Hall–Kier alpha value is -1.43. The lowest BCUT2D eigenvalue weighted by Gasteiger charge is -2.21. The van der Waals surface area contributed by atoms with Gasteiger partial charge in [-0.25, -0.2) is 0 Å². The Kier molecular flexibility index (Phi) is 5.33. The first-order chi connectivity index (χ1) is 10.0. The van der Waals surface area contributed by atoms with E-state index in [4.69, 9.17) is 11.6 Å². The highest BCUT2D eigenvalue weighted by molar-refractivity contribution is 7.10. The Balaban J connectivity index is 2.20. The van der Waals surface area contributed by atoms with Crippen molar-refractivity contribution in [3.05, 3.63) is 61.3 Å². The van der Waals surface area contributed by atoms with E-state index in [1.807, 2.05) is 11.4 Å². The van der Waals surface area contributed by atoms with E-state index in [0.717, 1.165) is 0 Å². The summed E-state index contributed by atoms with van der Waals surface area (Å²) in [7, 11) is 0. The molecule has 0 aliphatic carbocycles. The molecule has 1 atom stereocenters. The Bertz CT molecular complexity index is 614. The fraction of sp³-hybridized carbons (Fsp3) is 0.333. The Morgan fingerprint density at radius 3 is 2.67 bits per heavy atom. The molecule has 2 aromatic rings. The Labute approximate surface area is 132 Å². The van der Waals surface area contributed by atoms with Crippen LogP contribution in [0.3, 0.4) is 0 Å². The predicted molar refractivity (Wildman–Crippen MR) is 86.8 cm³/mol. The standard InChI is InChI=1S/C15H17ClN2O2S/c1-10(2)15(14-7-4-8-21-14)17-9-11-12(16)5-3-6-13(11)18(19)20/h3-8,10,15,17H,9H2,1-2H3. The first-order valence-corrected chi connectivity index (χ1v) is 7.95. The van der Waals surface area contributed by atoms with Gasteiger partial charge in [-0.2, -0.15) is 0 Å². The van der Waals surface area contributed by atoms with Crippen molar-refractivity contribution in [3.63, 3.8) is 0 Å². The van der Waals surface area contributed by atoms with Crippen molar-refractivity contribution >= 4 is 28.6 Å². The van der Waals surface area contributed by atoms with Gasteiger partial charge in [-0.05, 0) is 23.4 Å². The summed E-state index contributed by atoms with van der Waals surface area (Å²) in [5.41, 5.74) is 0.593. The van der Waals surface area contributed by atoms with E-state index >= 15 is 0 Å². The van der Waals surface area contributed by atoms with Gasteiger partial charge in [-0.15, -0.1) is 11.3 Å². The van der Waals surface area contributed by atoms with Crippen LogP contribution in [0.2, 0.25) is 5.02 Å². The first kappa shape index (κ1) is 15.9. The first-order valence-electron chi connectivity index (χ1n) is 6.69. The van der Waals surface area contributed by atoms with E-state index in [-0.39, 0.29) is 11.7 Å². The van der Waals surface area contributed by atoms with Gasteiger partial charge in [-0.3, -0.25) is 10.1 Å². The molecule has 0 saturated carbocycles. The molecule has 6 heteroatoms. The summed E-state index contributed by atoms with van der Waals surface area (Å²) in [6.07, 6.45) is 0. The van der Waals surface area contributed by atoms with Crippen molar-refractivity contribution in [2.75, 3.05) is 0 Å². The molecule has 0 radical (unpaired) electrons. The lowest BCUT2D eigenvalue weighted by Crippen LogP contribution is -2.25. The summed E-state index contributed by atoms with van der Waals surface area (Å²) in [6, 6.07) is 9.00. The van der Waals surface area contributed by atoms with Crippen LogP contribution in [-0.2, 0) is 6.54 Å². The highest BCUT2D eigenvalue weighted by Crippen LogP contribution is 2.29. The predicted octanol–water partition coefficient (Wildman–Crippen LogP) is 4.80. The van der Waals surface area contributed by atoms with Crippen molar-refractivity contribution < 1.29 is 4.92 Å². The lowest BCUT2D eigenvalue weighted by atomic mass is 10.0. The monoisotopic (exact) mass is 324 g/mol. The molecule has 1 unspecified atom stereocenters. The van der Waals surface area contributed by atoms with Crippen LogP contribution in [0.4, 0.5) is 5.69 Å². The van der Waals surface area contributed by atoms with Crippen LogP contribution >= 0.6 is 22.9 Å². The second-order valence-electron chi connectivity index (χ2n) is 5.11. The molecule has 0 aliphatic rings. The molecule has 112 valence electrons. The van der Waals surface area contributed by atoms with Gasteiger partial charge < -0.3 is 5.32 Å². The SMILES string of the molecule is CC(C)C(NCc1c(Cl)cccc1[N+](=O)[O-])c1cccs1. The van der Waals surface area contributed by atoms with Crippen molar-refractivity contribution in [2.45, 2.75) is 26.4 Å². The average molecular weight is 325 g/mol. The Morgan fingerprint density at radius 1 is 1.33 bits per heavy atom. The number of nitro groups is 1. The van der Waals surface area contributed by atoms with Crippen molar-refractivity contribution in [1.82, 2.24) is 5.32 Å². The molecular formula is C15H17ClN2O2S. The molecule has 0 amide bonds. The third-order valence-corrected chi connectivity index (χ3v) is 4.62. The van der Waals surface area contributed by atoms with Gasteiger partial charge in [0.2, 0.25) is 0 Å². The minimum atomic E-state index is -0.390. The number of thiophene rings is 1. The number of rotatable bonds is 6. The molecule has 1 aromatic carbocycles. The number of hydrogen-bond acceptors (Lipinski definition) is 4. The van der Waals surface area contributed by atoms with Crippen LogP contribution in [0.5, 0.6) is 0 Å². The van der Waals surface area contributed by atoms with Gasteiger partial charge in [-0.1, -0.05) is 37.6 Å². The fourth-order valence-electron chi connectivity index (χ4n) is 2.24. The van der Waals surface area contributed by atoms with Crippen LogP contribution < -0.4 is 5.32 Å². The third kappa shape index (κ3) is 3.81. The maximum absolute atomic E-state index is 11.1. The second-order valence-corrected chi connectivity index (χ2v) is 6.50.